The predicted molar refractivity (Wildman–Crippen MR) is 79.3 cm³/mol. The highest BCUT2D eigenvalue weighted by atomic mass is 15.2. The molecule has 0 spiro atoms. The lowest BCUT2D eigenvalue weighted by molar-refractivity contribution is 0.647. The third-order valence-corrected chi connectivity index (χ3v) is 4.18. The number of anilines is 1. The van der Waals surface area contributed by atoms with Gasteiger partial charge in [-0.3, -0.25) is 0 Å². The maximum absolute atomic E-state index is 9.23. The van der Waals surface area contributed by atoms with Crippen LogP contribution in [0, 0.1) is 11.3 Å². The van der Waals surface area contributed by atoms with E-state index in [1.807, 2.05) is 12.1 Å². The summed E-state index contributed by atoms with van der Waals surface area (Å²) in [6, 6.07) is 15.3. The Bertz CT molecular complexity index is 639. The topological polar surface area (TPSA) is 27.0 Å². The molecule has 1 aliphatic heterocycles. The Kier molecular flexibility index (Phi) is 3.13. The Balaban J connectivity index is 2.17. The molecule has 1 heterocycles. The van der Waals surface area contributed by atoms with Gasteiger partial charge in [0.05, 0.1) is 11.6 Å². The molecule has 0 radical (unpaired) electrons. The average molecular weight is 250 g/mol. The van der Waals surface area contributed by atoms with Gasteiger partial charge in [0.15, 0.2) is 0 Å². The first-order valence-corrected chi connectivity index (χ1v) is 7.03. The van der Waals surface area contributed by atoms with E-state index >= 15 is 0 Å². The molecule has 0 aliphatic carbocycles. The normalized spacial score (nSPS) is 18.7. The van der Waals surface area contributed by atoms with Gasteiger partial charge in [-0.15, -0.1) is 0 Å². The summed E-state index contributed by atoms with van der Waals surface area (Å²) in [6.45, 7) is 3.39. The van der Waals surface area contributed by atoms with Crippen LogP contribution in [0.3, 0.4) is 0 Å². The Hall–Kier alpha value is -2.01. The molecule has 2 aromatic rings. The number of benzene rings is 2. The van der Waals surface area contributed by atoms with Crippen LogP contribution in [-0.4, -0.2) is 12.6 Å². The molecule has 96 valence electrons. The van der Waals surface area contributed by atoms with Crippen molar-refractivity contribution in [2.45, 2.75) is 32.2 Å². The molecular weight excluding hydrogens is 232 g/mol. The Morgan fingerprint density at radius 1 is 1.21 bits per heavy atom. The van der Waals surface area contributed by atoms with Gasteiger partial charge < -0.3 is 4.90 Å². The molecule has 0 amide bonds. The number of hydrogen-bond donors (Lipinski definition) is 0. The van der Waals surface area contributed by atoms with Gasteiger partial charge in [-0.25, -0.2) is 0 Å². The molecule has 19 heavy (non-hydrogen) atoms. The van der Waals surface area contributed by atoms with Crippen molar-refractivity contribution in [1.29, 1.82) is 5.26 Å². The maximum atomic E-state index is 9.23. The van der Waals surface area contributed by atoms with Gasteiger partial charge in [0.1, 0.15) is 0 Å². The fourth-order valence-electron chi connectivity index (χ4n) is 3.21. The van der Waals surface area contributed by atoms with E-state index in [4.69, 9.17) is 0 Å². The van der Waals surface area contributed by atoms with E-state index in [1.165, 1.54) is 30.3 Å². The summed E-state index contributed by atoms with van der Waals surface area (Å²) in [5.41, 5.74) is 2.06. The monoisotopic (exact) mass is 250 g/mol. The van der Waals surface area contributed by atoms with Crippen molar-refractivity contribution >= 4 is 16.5 Å². The van der Waals surface area contributed by atoms with E-state index in [2.05, 4.69) is 42.2 Å². The Morgan fingerprint density at radius 3 is 2.74 bits per heavy atom. The number of fused-ring (bicyclic) bond motifs is 1. The summed E-state index contributed by atoms with van der Waals surface area (Å²) in [6.07, 6.45) is 3.74. The van der Waals surface area contributed by atoms with Crippen LogP contribution in [0.1, 0.15) is 31.7 Å². The zero-order valence-corrected chi connectivity index (χ0v) is 11.3. The van der Waals surface area contributed by atoms with Gasteiger partial charge in [-0.2, -0.15) is 5.26 Å². The quantitative estimate of drug-likeness (QED) is 0.802. The highest BCUT2D eigenvalue weighted by Crippen LogP contribution is 2.34. The zero-order valence-electron chi connectivity index (χ0n) is 11.3. The summed E-state index contributed by atoms with van der Waals surface area (Å²) in [5.74, 6) is 0. The van der Waals surface area contributed by atoms with Gasteiger partial charge in [0.2, 0.25) is 0 Å². The van der Waals surface area contributed by atoms with Crippen molar-refractivity contribution < 1.29 is 0 Å². The molecule has 3 rings (SSSR count). The third-order valence-electron chi connectivity index (χ3n) is 4.18. The first-order valence-electron chi connectivity index (χ1n) is 7.03. The molecule has 1 unspecified atom stereocenters. The molecule has 2 heteroatoms. The van der Waals surface area contributed by atoms with E-state index in [-0.39, 0.29) is 0 Å². The molecule has 0 aromatic heterocycles. The van der Waals surface area contributed by atoms with Gasteiger partial charge in [-0.05, 0) is 31.4 Å². The van der Waals surface area contributed by atoms with E-state index in [0.29, 0.717) is 6.04 Å². The summed E-state index contributed by atoms with van der Waals surface area (Å²) in [7, 11) is 0. The molecule has 2 aromatic carbocycles. The van der Waals surface area contributed by atoms with Crippen molar-refractivity contribution in [2.24, 2.45) is 0 Å². The number of hydrogen-bond acceptors (Lipinski definition) is 2. The van der Waals surface area contributed by atoms with Gasteiger partial charge in [0, 0.05) is 29.0 Å². The summed E-state index contributed by atoms with van der Waals surface area (Å²) < 4.78 is 0. The van der Waals surface area contributed by atoms with Crippen LogP contribution in [0.2, 0.25) is 0 Å². The number of rotatable bonds is 2. The smallest absolute Gasteiger partial charge is 0.0998 e. The molecule has 1 aliphatic rings. The van der Waals surface area contributed by atoms with E-state index in [0.717, 1.165) is 17.5 Å². The van der Waals surface area contributed by atoms with Gasteiger partial charge in [-0.1, -0.05) is 31.2 Å². The second-order valence-corrected chi connectivity index (χ2v) is 5.19. The highest BCUT2D eigenvalue weighted by molar-refractivity contribution is 5.98. The predicted octanol–water partition coefficient (Wildman–Crippen LogP) is 4.09. The van der Waals surface area contributed by atoms with E-state index in [1.54, 1.807) is 0 Å². The minimum Gasteiger partial charge on any atom is -0.368 e. The third kappa shape index (κ3) is 1.96. The van der Waals surface area contributed by atoms with Crippen molar-refractivity contribution in [2.75, 3.05) is 11.4 Å². The minimum atomic E-state index is 0.649. The molecule has 2 nitrogen and oxygen atoms in total. The molecule has 1 saturated heterocycles. The SMILES string of the molecule is CCC1CCCN1c1ccc(C#N)c2ccccc12. The van der Waals surface area contributed by atoms with Crippen LogP contribution in [0.25, 0.3) is 10.8 Å². The van der Waals surface area contributed by atoms with Gasteiger partial charge >= 0.3 is 0 Å². The van der Waals surface area contributed by atoms with E-state index in [9.17, 15) is 5.26 Å². The second-order valence-electron chi connectivity index (χ2n) is 5.19. The van der Waals surface area contributed by atoms with E-state index < -0.39 is 0 Å². The van der Waals surface area contributed by atoms with Crippen molar-refractivity contribution in [3.8, 4) is 6.07 Å². The molecule has 0 bridgehead atoms. The summed E-state index contributed by atoms with van der Waals surface area (Å²) >= 11 is 0. The minimum absolute atomic E-state index is 0.649. The van der Waals surface area contributed by atoms with Crippen LogP contribution in [-0.2, 0) is 0 Å². The lowest BCUT2D eigenvalue weighted by Gasteiger charge is -2.27. The second kappa shape index (κ2) is 4.93. The molecule has 1 fully saturated rings. The average Bonchev–Trinajstić information content (AvgIpc) is 2.94. The summed E-state index contributed by atoms with van der Waals surface area (Å²) in [5, 5.41) is 11.5. The Labute approximate surface area is 114 Å². The van der Waals surface area contributed by atoms with Gasteiger partial charge in [0.25, 0.3) is 0 Å². The first-order chi connectivity index (χ1) is 9.35. The fourth-order valence-corrected chi connectivity index (χ4v) is 3.21. The Morgan fingerprint density at radius 2 is 2.00 bits per heavy atom. The van der Waals surface area contributed by atoms with Crippen LogP contribution >= 0.6 is 0 Å². The van der Waals surface area contributed by atoms with Crippen LogP contribution in [0.4, 0.5) is 5.69 Å². The standard InChI is InChI=1S/C17H18N2/c1-2-14-6-5-11-19(14)17-10-9-13(12-18)15-7-3-4-8-16(15)17/h3-4,7-10,14H,2,5-6,11H2,1H3. The lowest BCUT2D eigenvalue weighted by atomic mass is 10.0. The van der Waals surface area contributed by atoms with Crippen LogP contribution in [0.5, 0.6) is 0 Å². The molecule has 0 saturated carbocycles. The summed E-state index contributed by atoms with van der Waals surface area (Å²) in [4.78, 5) is 2.52. The van der Waals surface area contributed by atoms with Crippen LogP contribution < -0.4 is 4.90 Å². The molecular formula is C17H18N2. The number of nitriles is 1. The van der Waals surface area contributed by atoms with Crippen LogP contribution in [0.15, 0.2) is 36.4 Å². The largest absolute Gasteiger partial charge is 0.368 e. The van der Waals surface area contributed by atoms with Crippen molar-refractivity contribution in [3.05, 3.63) is 42.0 Å². The molecule has 0 N–H and O–H groups in total. The number of nitrogens with zero attached hydrogens (tertiary/aromatic N) is 2. The fraction of sp³-hybridized carbons (Fsp3) is 0.353. The lowest BCUT2D eigenvalue weighted by Crippen LogP contribution is -2.28. The first kappa shape index (κ1) is 12.0. The molecule has 1 atom stereocenters. The highest BCUT2D eigenvalue weighted by Gasteiger charge is 2.24. The van der Waals surface area contributed by atoms with Crippen molar-refractivity contribution in [1.82, 2.24) is 0 Å². The van der Waals surface area contributed by atoms with Crippen molar-refractivity contribution in [3.63, 3.8) is 0 Å². The zero-order chi connectivity index (χ0) is 13.2. The maximum Gasteiger partial charge on any atom is 0.0998 e.